The van der Waals surface area contributed by atoms with Crippen LogP contribution in [0.25, 0.3) is 0 Å². The maximum Gasteiger partial charge on any atom is 0.255 e. The summed E-state index contributed by atoms with van der Waals surface area (Å²) in [6.07, 6.45) is 7.82. The highest BCUT2D eigenvalue weighted by atomic mass is 32.1. The van der Waals surface area contributed by atoms with Gasteiger partial charge in [0.2, 0.25) is 5.91 Å². The van der Waals surface area contributed by atoms with Gasteiger partial charge in [-0.25, -0.2) is 0 Å². The number of hydrogen-bond donors (Lipinski definition) is 3. The van der Waals surface area contributed by atoms with E-state index in [9.17, 15) is 9.59 Å². The first-order valence-corrected chi connectivity index (χ1v) is 10.6. The summed E-state index contributed by atoms with van der Waals surface area (Å²) in [5.41, 5.74) is 2.04. The smallest absolute Gasteiger partial charge is 0.255 e. The molecule has 1 saturated carbocycles. The van der Waals surface area contributed by atoms with Gasteiger partial charge in [-0.2, -0.15) is 0 Å². The number of carbonyl (C=O) groups is 2. The van der Waals surface area contributed by atoms with E-state index in [1.54, 1.807) is 36.4 Å². The SMILES string of the molecule is O=C(CCC1CCCCC1)NC(=S)Nc1ccc(NC(=O)c2ccccc2)cc1. The van der Waals surface area contributed by atoms with E-state index < -0.39 is 0 Å². The lowest BCUT2D eigenvalue weighted by molar-refractivity contribution is -0.120. The lowest BCUT2D eigenvalue weighted by Crippen LogP contribution is -2.34. The van der Waals surface area contributed by atoms with Crippen LogP contribution in [0.2, 0.25) is 0 Å². The highest BCUT2D eigenvalue weighted by Crippen LogP contribution is 2.27. The fourth-order valence-electron chi connectivity index (χ4n) is 3.59. The molecule has 2 aromatic carbocycles. The average Bonchev–Trinajstić information content (AvgIpc) is 2.75. The van der Waals surface area contributed by atoms with Gasteiger partial charge >= 0.3 is 0 Å². The van der Waals surface area contributed by atoms with Crippen molar-refractivity contribution >= 4 is 40.5 Å². The van der Waals surface area contributed by atoms with E-state index in [1.165, 1.54) is 32.1 Å². The Labute approximate surface area is 177 Å². The number of nitrogens with one attached hydrogen (secondary N) is 3. The first kappa shape index (κ1) is 21.0. The topological polar surface area (TPSA) is 70.2 Å². The molecule has 1 fully saturated rings. The highest BCUT2D eigenvalue weighted by Gasteiger charge is 2.15. The molecule has 1 aliphatic carbocycles. The minimum absolute atomic E-state index is 0.0418. The Kier molecular flexibility index (Phi) is 7.76. The zero-order valence-electron chi connectivity index (χ0n) is 16.4. The first-order chi connectivity index (χ1) is 14.1. The molecular formula is C23H27N3O2S. The minimum Gasteiger partial charge on any atom is -0.332 e. The number of carbonyl (C=O) groups excluding carboxylic acids is 2. The summed E-state index contributed by atoms with van der Waals surface area (Å²) in [6, 6.07) is 16.2. The van der Waals surface area contributed by atoms with Gasteiger partial charge in [0.15, 0.2) is 5.11 Å². The van der Waals surface area contributed by atoms with Gasteiger partial charge < -0.3 is 16.0 Å². The summed E-state index contributed by atoms with van der Waals surface area (Å²) in [5.74, 6) is 0.474. The molecule has 5 nitrogen and oxygen atoms in total. The fraction of sp³-hybridized carbons (Fsp3) is 0.348. The van der Waals surface area contributed by atoms with E-state index in [-0.39, 0.29) is 11.8 Å². The summed E-state index contributed by atoms with van der Waals surface area (Å²) < 4.78 is 0. The molecule has 0 unspecified atom stereocenters. The molecule has 152 valence electrons. The molecule has 0 heterocycles. The van der Waals surface area contributed by atoms with Crippen molar-refractivity contribution in [3.63, 3.8) is 0 Å². The van der Waals surface area contributed by atoms with Gasteiger partial charge in [0.25, 0.3) is 5.91 Å². The third-order valence-electron chi connectivity index (χ3n) is 5.19. The van der Waals surface area contributed by atoms with E-state index in [0.717, 1.165) is 12.1 Å². The van der Waals surface area contributed by atoms with Crippen molar-refractivity contribution in [2.45, 2.75) is 44.9 Å². The Morgan fingerprint density at radius 1 is 0.862 bits per heavy atom. The minimum atomic E-state index is -0.160. The van der Waals surface area contributed by atoms with Gasteiger partial charge in [-0.3, -0.25) is 9.59 Å². The third-order valence-corrected chi connectivity index (χ3v) is 5.40. The number of benzene rings is 2. The van der Waals surface area contributed by atoms with Crippen LogP contribution in [0.5, 0.6) is 0 Å². The molecule has 29 heavy (non-hydrogen) atoms. The number of hydrogen-bond acceptors (Lipinski definition) is 3. The summed E-state index contributed by atoms with van der Waals surface area (Å²) >= 11 is 5.24. The van der Waals surface area contributed by atoms with Gasteiger partial charge in [0.1, 0.15) is 0 Å². The van der Waals surface area contributed by atoms with Gasteiger partial charge in [0, 0.05) is 23.4 Å². The molecule has 6 heteroatoms. The van der Waals surface area contributed by atoms with Crippen molar-refractivity contribution in [2.24, 2.45) is 5.92 Å². The van der Waals surface area contributed by atoms with Crippen LogP contribution in [0.3, 0.4) is 0 Å². The van der Waals surface area contributed by atoms with Crippen molar-refractivity contribution in [3.05, 3.63) is 60.2 Å². The molecule has 0 spiro atoms. The molecule has 0 saturated heterocycles. The molecule has 0 aromatic heterocycles. The van der Waals surface area contributed by atoms with Crippen molar-refractivity contribution in [3.8, 4) is 0 Å². The second-order valence-electron chi connectivity index (χ2n) is 7.44. The van der Waals surface area contributed by atoms with Crippen LogP contribution < -0.4 is 16.0 Å². The van der Waals surface area contributed by atoms with Crippen LogP contribution in [0, 0.1) is 5.92 Å². The van der Waals surface area contributed by atoms with Crippen molar-refractivity contribution in [1.82, 2.24) is 5.32 Å². The molecule has 2 aromatic rings. The summed E-state index contributed by atoms with van der Waals surface area (Å²) in [4.78, 5) is 24.3. The van der Waals surface area contributed by atoms with Crippen LogP contribution in [0.4, 0.5) is 11.4 Å². The Morgan fingerprint density at radius 3 is 2.14 bits per heavy atom. The number of thiocarbonyl (C=S) groups is 1. The first-order valence-electron chi connectivity index (χ1n) is 10.2. The number of rotatable bonds is 6. The zero-order valence-corrected chi connectivity index (χ0v) is 17.3. The van der Waals surface area contributed by atoms with E-state index in [2.05, 4.69) is 16.0 Å². The Hall–Kier alpha value is -2.73. The van der Waals surface area contributed by atoms with Crippen molar-refractivity contribution in [2.75, 3.05) is 10.6 Å². The molecular weight excluding hydrogens is 382 g/mol. The average molecular weight is 410 g/mol. The third kappa shape index (κ3) is 6.98. The quantitative estimate of drug-likeness (QED) is 0.580. The van der Waals surface area contributed by atoms with E-state index in [0.29, 0.717) is 28.7 Å². The van der Waals surface area contributed by atoms with Crippen LogP contribution >= 0.6 is 12.2 Å². The summed E-state index contributed by atoms with van der Waals surface area (Å²) in [5, 5.41) is 8.90. The second kappa shape index (κ2) is 10.7. The summed E-state index contributed by atoms with van der Waals surface area (Å²) in [7, 11) is 0. The molecule has 2 amide bonds. The lowest BCUT2D eigenvalue weighted by atomic mass is 9.86. The standard InChI is InChI=1S/C23H27N3O2S/c27-21(16-11-17-7-3-1-4-8-17)26-23(29)25-20-14-12-19(13-15-20)24-22(28)18-9-5-2-6-10-18/h2,5-6,9-10,12-15,17H,1,3-4,7-8,11,16H2,(H,24,28)(H2,25,26,27,29). The van der Waals surface area contributed by atoms with E-state index in [4.69, 9.17) is 12.2 Å². The predicted molar refractivity (Wildman–Crippen MR) is 121 cm³/mol. The maximum atomic E-state index is 12.2. The van der Waals surface area contributed by atoms with E-state index in [1.807, 2.05) is 18.2 Å². The normalized spacial score (nSPS) is 14.1. The molecule has 3 rings (SSSR count). The molecule has 0 bridgehead atoms. The fourth-order valence-corrected chi connectivity index (χ4v) is 3.82. The molecule has 3 N–H and O–H groups in total. The monoisotopic (exact) mass is 409 g/mol. The molecule has 0 radical (unpaired) electrons. The zero-order chi connectivity index (χ0) is 20.5. The van der Waals surface area contributed by atoms with Gasteiger partial charge in [-0.05, 0) is 61.0 Å². The maximum absolute atomic E-state index is 12.2. The van der Waals surface area contributed by atoms with E-state index >= 15 is 0 Å². The van der Waals surface area contributed by atoms with Crippen molar-refractivity contribution < 1.29 is 9.59 Å². The Bertz CT molecular complexity index is 831. The molecule has 0 aliphatic heterocycles. The van der Waals surface area contributed by atoms with Gasteiger partial charge in [0.05, 0.1) is 0 Å². The predicted octanol–water partition coefficient (Wildman–Crippen LogP) is 5.11. The molecule has 0 atom stereocenters. The van der Waals surface area contributed by atoms with Gasteiger partial charge in [-0.1, -0.05) is 50.3 Å². The van der Waals surface area contributed by atoms with Crippen LogP contribution in [-0.2, 0) is 4.79 Å². The Balaban J connectivity index is 1.42. The largest absolute Gasteiger partial charge is 0.332 e. The van der Waals surface area contributed by atoms with Crippen LogP contribution in [0.1, 0.15) is 55.3 Å². The lowest BCUT2D eigenvalue weighted by Gasteiger charge is -2.21. The second-order valence-corrected chi connectivity index (χ2v) is 7.85. The number of amides is 2. The molecule has 1 aliphatic rings. The van der Waals surface area contributed by atoms with Crippen LogP contribution in [-0.4, -0.2) is 16.9 Å². The highest BCUT2D eigenvalue weighted by molar-refractivity contribution is 7.80. The Morgan fingerprint density at radius 2 is 1.48 bits per heavy atom. The summed E-state index contributed by atoms with van der Waals surface area (Å²) in [6.45, 7) is 0. The number of anilines is 2. The van der Waals surface area contributed by atoms with Crippen molar-refractivity contribution in [1.29, 1.82) is 0 Å². The van der Waals surface area contributed by atoms with Crippen LogP contribution in [0.15, 0.2) is 54.6 Å². The van der Waals surface area contributed by atoms with Gasteiger partial charge in [-0.15, -0.1) is 0 Å².